The molecule has 6 heteroatoms. The molecule has 2 N–H and O–H groups in total. The maximum atomic E-state index is 12.5. The highest BCUT2D eigenvalue weighted by Crippen LogP contribution is 2.07. The van der Waals surface area contributed by atoms with Crippen molar-refractivity contribution in [2.75, 3.05) is 5.32 Å². The Labute approximate surface area is 96.8 Å². The van der Waals surface area contributed by atoms with Crippen LogP contribution in [0.4, 0.5) is 14.9 Å². The molecule has 4 nitrogen and oxygen atoms in total. The van der Waals surface area contributed by atoms with Crippen LogP contribution in [0.2, 0.25) is 0 Å². The summed E-state index contributed by atoms with van der Waals surface area (Å²) in [5.74, 6) is -1.00. The van der Waals surface area contributed by atoms with Gasteiger partial charge in [0.15, 0.2) is 0 Å². The highest BCUT2D eigenvalue weighted by molar-refractivity contribution is 6.31. The van der Waals surface area contributed by atoms with Gasteiger partial charge in [0.1, 0.15) is 11.2 Å². The summed E-state index contributed by atoms with van der Waals surface area (Å²) in [5, 5.41) is 3.59. The second kappa shape index (κ2) is 5.46. The Morgan fingerprint density at radius 1 is 1.31 bits per heavy atom. The van der Waals surface area contributed by atoms with Gasteiger partial charge in [-0.1, -0.05) is 0 Å². The van der Waals surface area contributed by atoms with Crippen molar-refractivity contribution in [2.24, 2.45) is 0 Å². The second-order valence-electron chi connectivity index (χ2n) is 3.07. The van der Waals surface area contributed by atoms with Crippen LogP contribution in [0, 0.1) is 5.82 Å². The van der Waals surface area contributed by atoms with E-state index in [-0.39, 0.29) is 0 Å². The van der Waals surface area contributed by atoms with Gasteiger partial charge in [-0.2, -0.15) is 0 Å². The minimum atomic E-state index is -0.793. The first-order valence-electron chi connectivity index (χ1n) is 4.50. The second-order valence-corrected chi connectivity index (χ2v) is 3.72. The molecule has 0 bridgehead atoms. The van der Waals surface area contributed by atoms with Gasteiger partial charge in [0.2, 0.25) is 5.91 Å². The van der Waals surface area contributed by atoms with Gasteiger partial charge in [-0.25, -0.2) is 9.18 Å². The van der Waals surface area contributed by atoms with Crippen molar-refractivity contribution in [1.82, 2.24) is 5.32 Å². The molecule has 0 saturated carbocycles. The van der Waals surface area contributed by atoms with Gasteiger partial charge < -0.3 is 5.32 Å². The first kappa shape index (κ1) is 12.4. The molecule has 0 heterocycles. The Hall–Kier alpha value is -1.62. The molecule has 86 valence electrons. The Bertz CT molecular complexity index is 392. The molecule has 0 aliphatic carbocycles. The Morgan fingerprint density at radius 3 is 2.38 bits per heavy atom. The average molecular weight is 245 g/mol. The van der Waals surface area contributed by atoms with Crippen LogP contribution >= 0.6 is 11.6 Å². The summed E-state index contributed by atoms with van der Waals surface area (Å²) in [5.41, 5.74) is 0.383. The van der Waals surface area contributed by atoms with Crippen molar-refractivity contribution in [3.05, 3.63) is 30.1 Å². The van der Waals surface area contributed by atoms with Gasteiger partial charge in [-0.15, -0.1) is 11.6 Å². The number of halogens is 2. The number of carbonyl (C=O) groups excluding carboxylic acids is 2. The third-order valence-corrected chi connectivity index (χ3v) is 1.90. The SMILES string of the molecule is CC(Cl)C(=O)NC(=O)Nc1ccc(F)cc1. The van der Waals surface area contributed by atoms with E-state index in [1.165, 1.54) is 31.2 Å². The van der Waals surface area contributed by atoms with Gasteiger partial charge in [0.25, 0.3) is 0 Å². The number of anilines is 1. The summed E-state index contributed by atoms with van der Waals surface area (Å²) in [4.78, 5) is 22.3. The fourth-order valence-corrected chi connectivity index (χ4v) is 0.961. The molecule has 16 heavy (non-hydrogen) atoms. The van der Waals surface area contributed by atoms with Gasteiger partial charge in [0, 0.05) is 5.69 Å². The molecule has 1 aromatic rings. The summed E-state index contributed by atoms with van der Waals surface area (Å²) in [6.45, 7) is 1.45. The zero-order valence-electron chi connectivity index (χ0n) is 8.46. The number of urea groups is 1. The fourth-order valence-electron chi connectivity index (χ4n) is 0.907. The molecule has 0 fully saturated rings. The zero-order chi connectivity index (χ0) is 12.1. The van der Waals surface area contributed by atoms with Gasteiger partial charge >= 0.3 is 6.03 Å². The highest BCUT2D eigenvalue weighted by Gasteiger charge is 2.12. The van der Waals surface area contributed by atoms with Gasteiger partial charge in [0.05, 0.1) is 0 Å². The van der Waals surface area contributed by atoms with Crippen LogP contribution in [0.1, 0.15) is 6.92 Å². The summed E-state index contributed by atoms with van der Waals surface area (Å²) >= 11 is 5.45. The number of rotatable bonds is 2. The van der Waals surface area contributed by atoms with Crippen molar-refractivity contribution < 1.29 is 14.0 Å². The minimum absolute atomic E-state index is 0.383. The molecule has 1 aromatic carbocycles. The number of benzene rings is 1. The van der Waals surface area contributed by atoms with E-state index in [1.54, 1.807) is 0 Å². The number of nitrogens with one attached hydrogen (secondary N) is 2. The summed E-state index contributed by atoms with van der Waals surface area (Å²) < 4.78 is 12.5. The first-order valence-corrected chi connectivity index (χ1v) is 4.94. The maximum absolute atomic E-state index is 12.5. The van der Waals surface area contributed by atoms with Crippen molar-refractivity contribution in [3.8, 4) is 0 Å². The normalized spacial score (nSPS) is 11.7. The van der Waals surface area contributed by atoms with Crippen molar-refractivity contribution in [3.63, 3.8) is 0 Å². The lowest BCUT2D eigenvalue weighted by molar-refractivity contribution is -0.119. The quantitative estimate of drug-likeness (QED) is 0.783. The van der Waals surface area contributed by atoms with E-state index in [0.29, 0.717) is 5.69 Å². The fraction of sp³-hybridized carbons (Fsp3) is 0.200. The number of hydrogen-bond acceptors (Lipinski definition) is 2. The lowest BCUT2D eigenvalue weighted by Gasteiger charge is -2.07. The number of carbonyl (C=O) groups is 2. The molecule has 0 radical (unpaired) electrons. The van der Waals surface area contributed by atoms with E-state index in [9.17, 15) is 14.0 Å². The smallest absolute Gasteiger partial charge is 0.308 e. The first-order chi connectivity index (χ1) is 7.49. The molecule has 1 unspecified atom stereocenters. The van der Waals surface area contributed by atoms with E-state index < -0.39 is 23.1 Å². The Morgan fingerprint density at radius 2 is 1.88 bits per heavy atom. The molecule has 0 aliphatic rings. The monoisotopic (exact) mass is 244 g/mol. The van der Waals surface area contributed by atoms with E-state index in [0.717, 1.165) is 0 Å². The summed E-state index contributed by atoms with van der Waals surface area (Å²) in [6, 6.07) is 4.44. The molecule has 0 spiro atoms. The highest BCUT2D eigenvalue weighted by atomic mass is 35.5. The van der Waals surface area contributed by atoms with Crippen LogP contribution in [-0.4, -0.2) is 17.3 Å². The van der Waals surface area contributed by atoms with Crippen LogP contribution < -0.4 is 10.6 Å². The predicted octanol–water partition coefficient (Wildman–Crippen LogP) is 2.10. The van der Waals surface area contributed by atoms with Crippen molar-refractivity contribution in [1.29, 1.82) is 0 Å². The Balaban J connectivity index is 2.52. The Kier molecular flexibility index (Phi) is 4.25. The lowest BCUT2D eigenvalue weighted by atomic mass is 10.3. The predicted molar refractivity (Wildman–Crippen MR) is 58.9 cm³/mol. The van der Waals surface area contributed by atoms with Crippen molar-refractivity contribution in [2.45, 2.75) is 12.3 Å². The third-order valence-electron chi connectivity index (χ3n) is 1.70. The van der Waals surface area contributed by atoms with E-state index in [2.05, 4.69) is 5.32 Å². The molecular weight excluding hydrogens is 235 g/mol. The van der Waals surface area contributed by atoms with E-state index in [4.69, 9.17) is 11.6 Å². The van der Waals surface area contributed by atoms with E-state index >= 15 is 0 Å². The van der Waals surface area contributed by atoms with Crippen molar-refractivity contribution >= 4 is 29.2 Å². The van der Waals surface area contributed by atoms with Crippen LogP contribution in [0.25, 0.3) is 0 Å². The third kappa shape index (κ3) is 3.86. The van der Waals surface area contributed by atoms with Gasteiger partial charge in [-0.05, 0) is 31.2 Å². The largest absolute Gasteiger partial charge is 0.325 e. The minimum Gasteiger partial charge on any atom is -0.308 e. The number of amides is 3. The van der Waals surface area contributed by atoms with E-state index in [1.807, 2.05) is 5.32 Å². The molecule has 0 aromatic heterocycles. The number of hydrogen-bond donors (Lipinski definition) is 2. The molecule has 0 aliphatic heterocycles. The molecule has 3 amide bonds. The van der Waals surface area contributed by atoms with Crippen LogP contribution in [0.5, 0.6) is 0 Å². The molecule has 1 rings (SSSR count). The standard InChI is InChI=1S/C10H10ClFN2O2/c1-6(11)9(15)14-10(16)13-8-4-2-7(12)3-5-8/h2-6H,1H3,(H2,13,14,15,16). The molecule has 1 atom stereocenters. The maximum Gasteiger partial charge on any atom is 0.325 e. The summed E-state index contributed by atoms with van der Waals surface area (Å²) in [6.07, 6.45) is 0. The lowest BCUT2D eigenvalue weighted by Crippen LogP contribution is -2.38. The van der Waals surface area contributed by atoms with Crippen LogP contribution in [-0.2, 0) is 4.79 Å². The molecule has 0 saturated heterocycles. The van der Waals surface area contributed by atoms with Crippen LogP contribution in [0.3, 0.4) is 0 Å². The summed E-state index contributed by atoms with van der Waals surface area (Å²) in [7, 11) is 0. The zero-order valence-corrected chi connectivity index (χ0v) is 9.22. The number of imide groups is 1. The average Bonchev–Trinajstić information content (AvgIpc) is 2.21. The van der Waals surface area contributed by atoms with Gasteiger partial charge in [-0.3, -0.25) is 10.1 Å². The topological polar surface area (TPSA) is 58.2 Å². The van der Waals surface area contributed by atoms with Crippen LogP contribution in [0.15, 0.2) is 24.3 Å². The number of alkyl halides is 1. The molecular formula is C10H10ClFN2O2.